The Hall–Kier alpha value is -0.610. The van der Waals surface area contributed by atoms with Gasteiger partial charge in [-0.2, -0.15) is 0 Å². The maximum atomic E-state index is 11.5. The zero-order chi connectivity index (χ0) is 14.9. The maximum Gasteiger partial charge on any atom is 0.220 e. The van der Waals surface area contributed by atoms with Crippen LogP contribution in [0.5, 0.6) is 0 Å². The summed E-state index contributed by atoms with van der Waals surface area (Å²) in [6, 6.07) is 0. The lowest BCUT2D eigenvalue weighted by atomic mass is 10.1. The SMILES string of the molecule is CCCCCCCCCCCC(=O)NCCNCCN. The third-order valence-electron chi connectivity index (χ3n) is 3.45. The third kappa shape index (κ3) is 15.4. The van der Waals surface area contributed by atoms with E-state index in [1.165, 1.54) is 51.4 Å². The van der Waals surface area contributed by atoms with Gasteiger partial charge < -0.3 is 16.4 Å². The molecule has 0 bridgehead atoms. The van der Waals surface area contributed by atoms with Crippen LogP contribution in [-0.4, -0.2) is 32.1 Å². The Kier molecular flexibility index (Phi) is 15.9. The molecule has 0 atom stereocenters. The van der Waals surface area contributed by atoms with E-state index in [4.69, 9.17) is 5.73 Å². The molecule has 0 aliphatic rings. The Morgan fingerprint density at radius 2 is 1.45 bits per heavy atom. The van der Waals surface area contributed by atoms with Gasteiger partial charge in [-0.15, -0.1) is 0 Å². The standard InChI is InChI=1S/C16H35N3O/c1-2-3-4-5-6-7-8-9-10-11-16(20)19-15-14-18-13-12-17/h18H,2-15,17H2,1H3,(H,19,20). The molecule has 0 aliphatic heterocycles. The van der Waals surface area contributed by atoms with Crippen LogP contribution in [0.25, 0.3) is 0 Å². The molecule has 20 heavy (non-hydrogen) atoms. The van der Waals surface area contributed by atoms with Crippen LogP contribution in [-0.2, 0) is 4.79 Å². The highest BCUT2D eigenvalue weighted by Crippen LogP contribution is 2.10. The van der Waals surface area contributed by atoms with Crippen molar-refractivity contribution >= 4 is 5.91 Å². The van der Waals surface area contributed by atoms with E-state index in [1.807, 2.05) is 0 Å². The lowest BCUT2D eigenvalue weighted by Crippen LogP contribution is -2.33. The predicted octanol–water partition coefficient (Wildman–Crippen LogP) is 2.57. The number of rotatable bonds is 15. The molecule has 0 aliphatic carbocycles. The van der Waals surface area contributed by atoms with E-state index in [1.54, 1.807) is 0 Å². The fraction of sp³-hybridized carbons (Fsp3) is 0.938. The van der Waals surface area contributed by atoms with Crippen molar-refractivity contribution in [2.75, 3.05) is 26.2 Å². The van der Waals surface area contributed by atoms with E-state index < -0.39 is 0 Å². The van der Waals surface area contributed by atoms with Gasteiger partial charge >= 0.3 is 0 Å². The Morgan fingerprint density at radius 3 is 2.05 bits per heavy atom. The largest absolute Gasteiger partial charge is 0.355 e. The van der Waals surface area contributed by atoms with Crippen LogP contribution >= 0.6 is 0 Å². The van der Waals surface area contributed by atoms with Crippen molar-refractivity contribution in [2.45, 2.75) is 71.1 Å². The number of unbranched alkanes of at least 4 members (excludes halogenated alkanes) is 8. The Labute approximate surface area is 125 Å². The summed E-state index contributed by atoms with van der Waals surface area (Å²) in [5.41, 5.74) is 5.36. The number of nitrogens with one attached hydrogen (secondary N) is 2. The second kappa shape index (κ2) is 16.4. The van der Waals surface area contributed by atoms with Crippen molar-refractivity contribution in [1.29, 1.82) is 0 Å². The number of nitrogens with two attached hydrogens (primary N) is 1. The van der Waals surface area contributed by atoms with Gasteiger partial charge in [-0.25, -0.2) is 0 Å². The second-order valence-electron chi connectivity index (χ2n) is 5.47. The second-order valence-corrected chi connectivity index (χ2v) is 5.47. The van der Waals surface area contributed by atoms with Gasteiger partial charge in [0.15, 0.2) is 0 Å². The molecule has 0 aromatic rings. The number of carbonyl (C=O) groups excluding carboxylic acids is 1. The molecule has 120 valence electrons. The van der Waals surface area contributed by atoms with Gasteiger partial charge in [-0.05, 0) is 6.42 Å². The molecule has 4 heteroatoms. The van der Waals surface area contributed by atoms with Gasteiger partial charge in [-0.1, -0.05) is 58.3 Å². The molecule has 0 saturated heterocycles. The summed E-state index contributed by atoms with van der Waals surface area (Å²) in [4.78, 5) is 11.5. The van der Waals surface area contributed by atoms with Gasteiger partial charge in [0.05, 0.1) is 0 Å². The Bertz CT molecular complexity index is 210. The van der Waals surface area contributed by atoms with E-state index in [0.717, 1.165) is 19.5 Å². The Morgan fingerprint density at radius 1 is 0.850 bits per heavy atom. The molecule has 0 aromatic heterocycles. The number of hydrogen-bond acceptors (Lipinski definition) is 3. The van der Waals surface area contributed by atoms with E-state index in [2.05, 4.69) is 17.6 Å². The molecule has 1 amide bonds. The van der Waals surface area contributed by atoms with Crippen molar-refractivity contribution < 1.29 is 4.79 Å². The molecule has 0 heterocycles. The van der Waals surface area contributed by atoms with E-state index in [-0.39, 0.29) is 5.91 Å². The van der Waals surface area contributed by atoms with E-state index in [9.17, 15) is 4.79 Å². The summed E-state index contributed by atoms with van der Waals surface area (Å²) >= 11 is 0. The maximum absolute atomic E-state index is 11.5. The fourth-order valence-electron chi connectivity index (χ4n) is 2.20. The first-order chi connectivity index (χ1) is 9.81. The van der Waals surface area contributed by atoms with Crippen molar-refractivity contribution in [1.82, 2.24) is 10.6 Å². The summed E-state index contributed by atoms with van der Waals surface area (Å²) in [5.74, 6) is 0.183. The Balaban J connectivity index is 3.11. The highest BCUT2D eigenvalue weighted by Gasteiger charge is 2.00. The number of amides is 1. The van der Waals surface area contributed by atoms with Crippen molar-refractivity contribution in [3.8, 4) is 0 Å². The first-order valence-electron chi connectivity index (χ1n) is 8.48. The van der Waals surface area contributed by atoms with E-state index >= 15 is 0 Å². The molecule has 4 N–H and O–H groups in total. The van der Waals surface area contributed by atoms with Gasteiger partial charge in [0.25, 0.3) is 0 Å². The molecular weight excluding hydrogens is 250 g/mol. The van der Waals surface area contributed by atoms with Crippen LogP contribution in [0.4, 0.5) is 0 Å². The van der Waals surface area contributed by atoms with Gasteiger partial charge in [0.2, 0.25) is 5.91 Å². The first-order valence-corrected chi connectivity index (χ1v) is 8.48. The molecule has 0 aromatic carbocycles. The average molecular weight is 285 g/mol. The molecule has 0 unspecified atom stereocenters. The lowest BCUT2D eigenvalue weighted by molar-refractivity contribution is -0.121. The molecule has 0 fully saturated rings. The molecule has 0 radical (unpaired) electrons. The topological polar surface area (TPSA) is 67.2 Å². The minimum atomic E-state index is 0.183. The molecule has 4 nitrogen and oxygen atoms in total. The van der Waals surface area contributed by atoms with Gasteiger partial charge in [-0.3, -0.25) is 4.79 Å². The first kappa shape index (κ1) is 19.4. The summed E-state index contributed by atoms with van der Waals surface area (Å²) in [7, 11) is 0. The summed E-state index contributed by atoms with van der Waals surface area (Å²) in [6.07, 6.45) is 12.3. The molecule has 0 saturated carbocycles. The zero-order valence-corrected chi connectivity index (χ0v) is 13.4. The average Bonchev–Trinajstić information content (AvgIpc) is 2.45. The smallest absolute Gasteiger partial charge is 0.220 e. The van der Waals surface area contributed by atoms with Gasteiger partial charge in [0.1, 0.15) is 0 Å². The predicted molar refractivity (Wildman–Crippen MR) is 86.8 cm³/mol. The lowest BCUT2D eigenvalue weighted by Gasteiger charge is -2.06. The quantitative estimate of drug-likeness (QED) is 0.405. The minimum Gasteiger partial charge on any atom is -0.355 e. The zero-order valence-electron chi connectivity index (χ0n) is 13.4. The monoisotopic (exact) mass is 285 g/mol. The summed E-state index contributed by atoms with van der Waals surface area (Å²) in [5, 5.41) is 6.08. The van der Waals surface area contributed by atoms with Crippen molar-refractivity contribution in [3.05, 3.63) is 0 Å². The van der Waals surface area contributed by atoms with Crippen LogP contribution in [0.15, 0.2) is 0 Å². The minimum absolute atomic E-state index is 0.183. The van der Waals surface area contributed by atoms with Crippen LogP contribution in [0.1, 0.15) is 71.1 Å². The molecule has 0 spiro atoms. The highest BCUT2D eigenvalue weighted by molar-refractivity contribution is 5.75. The normalized spacial score (nSPS) is 10.7. The summed E-state index contributed by atoms with van der Waals surface area (Å²) < 4.78 is 0. The van der Waals surface area contributed by atoms with Crippen LogP contribution < -0.4 is 16.4 Å². The highest BCUT2D eigenvalue weighted by atomic mass is 16.1. The van der Waals surface area contributed by atoms with Gasteiger partial charge in [0, 0.05) is 32.6 Å². The third-order valence-corrected chi connectivity index (χ3v) is 3.45. The molecular formula is C16H35N3O. The number of carbonyl (C=O) groups is 1. The van der Waals surface area contributed by atoms with E-state index in [0.29, 0.717) is 19.5 Å². The van der Waals surface area contributed by atoms with Crippen molar-refractivity contribution in [3.63, 3.8) is 0 Å². The fourth-order valence-corrected chi connectivity index (χ4v) is 2.20. The van der Waals surface area contributed by atoms with Crippen molar-refractivity contribution in [2.24, 2.45) is 5.73 Å². The summed E-state index contributed by atoms with van der Waals surface area (Å²) in [6.45, 7) is 5.22. The molecule has 0 rings (SSSR count). The number of hydrogen-bond donors (Lipinski definition) is 3. The van der Waals surface area contributed by atoms with Crippen LogP contribution in [0, 0.1) is 0 Å². The van der Waals surface area contributed by atoms with Crippen LogP contribution in [0.3, 0.4) is 0 Å². The van der Waals surface area contributed by atoms with Crippen LogP contribution in [0.2, 0.25) is 0 Å².